The molecule has 0 bridgehead atoms. The number of hydrogen-bond acceptors (Lipinski definition) is 4. The first-order chi connectivity index (χ1) is 9.77. The van der Waals surface area contributed by atoms with E-state index in [1.54, 1.807) is 18.7 Å². The molecule has 21 heavy (non-hydrogen) atoms. The van der Waals surface area contributed by atoms with E-state index in [2.05, 4.69) is 5.32 Å². The second-order valence-corrected chi connectivity index (χ2v) is 7.46. The Kier molecular flexibility index (Phi) is 4.68. The molecule has 1 aliphatic heterocycles. The van der Waals surface area contributed by atoms with Crippen LogP contribution in [-0.2, 0) is 4.79 Å². The van der Waals surface area contributed by atoms with Crippen molar-refractivity contribution in [3.8, 4) is 0 Å². The number of nitrogens with one attached hydrogen (secondary N) is 1. The van der Waals surface area contributed by atoms with Gasteiger partial charge in [0, 0.05) is 24.0 Å². The standard InChI is InChI=1S/C15H23N3O2S/c1-10-4-5-12(21-10)13(19)17-11-6-8-18(9-7-11)14(20)15(2,3)16/h4-5,11H,6-9,16H2,1-3H3,(H,17,19). The van der Waals surface area contributed by atoms with E-state index in [1.165, 1.54) is 11.3 Å². The first-order valence-corrected chi connectivity index (χ1v) is 8.04. The monoisotopic (exact) mass is 309 g/mol. The maximum absolute atomic E-state index is 12.1. The van der Waals surface area contributed by atoms with Crippen LogP contribution in [0.3, 0.4) is 0 Å². The number of nitrogens with zero attached hydrogens (tertiary/aromatic N) is 1. The van der Waals surface area contributed by atoms with Gasteiger partial charge in [-0.3, -0.25) is 9.59 Å². The maximum Gasteiger partial charge on any atom is 0.261 e. The van der Waals surface area contributed by atoms with Gasteiger partial charge in [0.1, 0.15) is 0 Å². The van der Waals surface area contributed by atoms with Crippen LogP contribution < -0.4 is 11.1 Å². The molecule has 5 nitrogen and oxygen atoms in total. The van der Waals surface area contributed by atoms with E-state index in [1.807, 2.05) is 19.1 Å². The van der Waals surface area contributed by atoms with Gasteiger partial charge >= 0.3 is 0 Å². The van der Waals surface area contributed by atoms with Gasteiger partial charge in [-0.15, -0.1) is 11.3 Å². The molecule has 2 heterocycles. The van der Waals surface area contributed by atoms with Gasteiger partial charge in [0.15, 0.2) is 0 Å². The maximum atomic E-state index is 12.1. The zero-order valence-corrected chi connectivity index (χ0v) is 13.6. The fraction of sp³-hybridized carbons (Fsp3) is 0.600. The molecule has 1 saturated heterocycles. The topological polar surface area (TPSA) is 75.4 Å². The largest absolute Gasteiger partial charge is 0.348 e. The minimum atomic E-state index is -0.829. The molecule has 116 valence electrons. The van der Waals surface area contributed by atoms with Gasteiger partial charge in [-0.05, 0) is 45.7 Å². The number of piperidine rings is 1. The van der Waals surface area contributed by atoms with Crippen LogP contribution in [0.2, 0.25) is 0 Å². The van der Waals surface area contributed by atoms with Gasteiger partial charge in [-0.2, -0.15) is 0 Å². The number of aryl methyl sites for hydroxylation is 1. The quantitative estimate of drug-likeness (QED) is 0.889. The summed E-state index contributed by atoms with van der Waals surface area (Å²) < 4.78 is 0. The number of likely N-dealkylation sites (tertiary alicyclic amines) is 1. The van der Waals surface area contributed by atoms with Crippen molar-refractivity contribution in [3.63, 3.8) is 0 Å². The number of rotatable bonds is 3. The van der Waals surface area contributed by atoms with Crippen LogP contribution in [0.25, 0.3) is 0 Å². The lowest BCUT2D eigenvalue weighted by Gasteiger charge is -2.35. The number of amides is 2. The summed E-state index contributed by atoms with van der Waals surface area (Å²) in [6.07, 6.45) is 1.55. The predicted molar refractivity (Wildman–Crippen MR) is 84.4 cm³/mol. The van der Waals surface area contributed by atoms with Crippen molar-refractivity contribution in [2.75, 3.05) is 13.1 Å². The molecule has 2 rings (SSSR count). The normalized spacial score (nSPS) is 16.9. The molecule has 1 fully saturated rings. The Morgan fingerprint density at radius 3 is 2.43 bits per heavy atom. The number of carbonyl (C=O) groups excluding carboxylic acids is 2. The van der Waals surface area contributed by atoms with Crippen molar-refractivity contribution in [2.24, 2.45) is 5.73 Å². The van der Waals surface area contributed by atoms with Gasteiger partial charge < -0.3 is 16.0 Å². The summed E-state index contributed by atoms with van der Waals surface area (Å²) in [5, 5.41) is 3.05. The fourth-order valence-electron chi connectivity index (χ4n) is 2.45. The smallest absolute Gasteiger partial charge is 0.261 e. The van der Waals surface area contributed by atoms with Crippen LogP contribution in [0.4, 0.5) is 0 Å². The molecule has 1 aromatic heterocycles. The Hall–Kier alpha value is -1.40. The van der Waals surface area contributed by atoms with Crippen molar-refractivity contribution in [1.29, 1.82) is 0 Å². The van der Waals surface area contributed by atoms with Crippen molar-refractivity contribution < 1.29 is 9.59 Å². The lowest BCUT2D eigenvalue weighted by atomic mass is 10.00. The van der Waals surface area contributed by atoms with Crippen LogP contribution in [0.5, 0.6) is 0 Å². The molecule has 2 amide bonds. The number of carbonyl (C=O) groups is 2. The van der Waals surface area contributed by atoms with E-state index in [4.69, 9.17) is 5.73 Å². The van der Waals surface area contributed by atoms with Crippen LogP contribution >= 0.6 is 11.3 Å². The summed E-state index contributed by atoms with van der Waals surface area (Å²) in [4.78, 5) is 27.9. The van der Waals surface area contributed by atoms with Crippen LogP contribution in [0.15, 0.2) is 12.1 Å². The average molecular weight is 309 g/mol. The molecule has 0 radical (unpaired) electrons. The summed E-state index contributed by atoms with van der Waals surface area (Å²) in [6.45, 7) is 6.73. The zero-order chi connectivity index (χ0) is 15.6. The third-order valence-corrected chi connectivity index (χ3v) is 4.63. The van der Waals surface area contributed by atoms with Crippen molar-refractivity contribution >= 4 is 23.2 Å². The summed E-state index contributed by atoms with van der Waals surface area (Å²) in [5.74, 6) is -0.0433. The number of hydrogen-bond donors (Lipinski definition) is 2. The van der Waals surface area contributed by atoms with Gasteiger partial charge in [0.2, 0.25) is 5.91 Å². The van der Waals surface area contributed by atoms with E-state index >= 15 is 0 Å². The lowest BCUT2D eigenvalue weighted by molar-refractivity contribution is -0.136. The van der Waals surface area contributed by atoms with E-state index in [0.717, 1.165) is 22.6 Å². The zero-order valence-electron chi connectivity index (χ0n) is 12.8. The van der Waals surface area contributed by atoms with Gasteiger partial charge in [0.25, 0.3) is 5.91 Å². The molecule has 1 aliphatic rings. The van der Waals surface area contributed by atoms with Crippen LogP contribution in [-0.4, -0.2) is 41.4 Å². The molecular formula is C15H23N3O2S. The summed E-state index contributed by atoms with van der Waals surface area (Å²) in [5.41, 5.74) is 5.02. The molecule has 3 N–H and O–H groups in total. The Balaban J connectivity index is 1.84. The molecular weight excluding hydrogens is 286 g/mol. The molecule has 0 atom stereocenters. The molecule has 0 saturated carbocycles. The van der Waals surface area contributed by atoms with Crippen molar-refractivity contribution in [3.05, 3.63) is 21.9 Å². The highest BCUT2D eigenvalue weighted by Crippen LogP contribution is 2.17. The summed E-state index contributed by atoms with van der Waals surface area (Å²) in [6, 6.07) is 3.93. The predicted octanol–water partition coefficient (Wildman–Crippen LogP) is 1.51. The first kappa shape index (κ1) is 16.0. The van der Waals surface area contributed by atoms with E-state index in [-0.39, 0.29) is 17.9 Å². The van der Waals surface area contributed by atoms with Crippen LogP contribution in [0.1, 0.15) is 41.2 Å². The van der Waals surface area contributed by atoms with E-state index < -0.39 is 5.54 Å². The van der Waals surface area contributed by atoms with E-state index in [0.29, 0.717) is 13.1 Å². The number of thiophene rings is 1. The first-order valence-electron chi connectivity index (χ1n) is 7.23. The second-order valence-electron chi connectivity index (χ2n) is 6.17. The lowest BCUT2D eigenvalue weighted by Crippen LogP contribution is -2.55. The minimum Gasteiger partial charge on any atom is -0.348 e. The molecule has 0 spiro atoms. The van der Waals surface area contributed by atoms with Crippen LogP contribution in [0, 0.1) is 6.92 Å². The summed E-state index contributed by atoms with van der Waals surface area (Å²) >= 11 is 1.50. The minimum absolute atomic E-state index is 0.0166. The van der Waals surface area contributed by atoms with E-state index in [9.17, 15) is 9.59 Å². The molecule has 0 unspecified atom stereocenters. The Labute approximate surface area is 129 Å². The number of nitrogens with two attached hydrogens (primary N) is 1. The molecule has 0 aromatic carbocycles. The highest BCUT2D eigenvalue weighted by molar-refractivity contribution is 7.13. The molecule has 1 aromatic rings. The van der Waals surface area contributed by atoms with Crippen molar-refractivity contribution in [2.45, 2.75) is 45.2 Å². The van der Waals surface area contributed by atoms with Gasteiger partial charge in [-0.1, -0.05) is 0 Å². The SMILES string of the molecule is Cc1ccc(C(=O)NC2CCN(C(=O)C(C)(C)N)CC2)s1. The Morgan fingerprint density at radius 1 is 1.33 bits per heavy atom. The van der Waals surface area contributed by atoms with Gasteiger partial charge in [0.05, 0.1) is 10.4 Å². The Morgan fingerprint density at radius 2 is 1.95 bits per heavy atom. The average Bonchev–Trinajstić information content (AvgIpc) is 2.84. The fourth-order valence-corrected chi connectivity index (χ4v) is 3.22. The van der Waals surface area contributed by atoms with Crippen molar-refractivity contribution in [1.82, 2.24) is 10.2 Å². The third-order valence-electron chi connectivity index (χ3n) is 3.63. The molecule has 0 aliphatic carbocycles. The highest BCUT2D eigenvalue weighted by atomic mass is 32.1. The Bertz CT molecular complexity index is 525. The molecule has 6 heteroatoms. The highest BCUT2D eigenvalue weighted by Gasteiger charge is 2.31. The van der Waals surface area contributed by atoms with Gasteiger partial charge in [-0.25, -0.2) is 0 Å². The second kappa shape index (κ2) is 6.15. The third kappa shape index (κ3) is 4.04. The summed E-state index contributed by atoms with van der Waals surface area (Å²) in [7, 11) is 0.